The summed E-state index contributed by atoms with van der Waals surface area (Å²) in [6.45, 7) is 0.910. The SMILES string of the molecule is COc1ccc(C(=O)N2CCC(CC(=O)O)CC2)cc1[N+](=O)[O-]. The third-order valence-corrected chi connectivity index (χ3v) is 3.99. The zero-order chi connectivity index (χ0) is 17.0. The molecule has 0 aromatic heterocycles. The van der Waals surface area contributed by atoms with Crippen molar-refractivity contribution in [2.45, 2.75) is 19.3 Å². The Bertz CT molecular complexity index is 622. The molecule has 1 N–H and O–H groups in total. The lowest BCUT2D eigenvalue weighted by atomic mass is 9.93. The highest BCUT2D eigenvalue weighted by atomic mass is 16.6. The predicted molar refractivity (Wildman–Crippen MR) is 80.5 cm³/mol. The topological polar surface area (TPSA) is 110 Å². The van der Waals surface area contributed by atoms with Gasteiger partial charge in [-0.2, -0.15) is 0 Å². The van der Waals surface area contributed by atoms with Gasteiger partial charge >= 0.3 is 11.7 Å². The molecular formula is C15H18N2O6. The average Bonchev–Trinajstić information content (AvgIpc) is 2.53. The number of piperidine rings is 1. The van der Waals surface area contributed by atoms with Gasteiger partial charge in [0.2, 0.25) is 0 Å². The number of nitrogens with zero attached hydrogens (tertiary/aromatic N) is 2. The van der Waals surface area contributed by atoms with E-state index in [1.807, 2.05) is 0 Å². The van der Waals surface area contributed by atoms with Gasteiger partial charge in [0.15, 0.2) is 5.75 Å². The lowest BCUT2D eigenvalue weighted by molar-refractivity contribution is -0.385. The molecule has 2 rings (SSSR count). The Hall–Kier alpha value is -2.64. The Labute approximate surface area is 132 Å². The second-order valence-corrected chi connectivity index (χ2v) is 5.48. The van der Waals surface area contributed by atoms with Crippen LogP contribution in [0.3, 0.4) is 0 Å². The van der Waals surface area contributed by atoms with E-state index in [2.05, 4.69) is 0 Å². The van der Waals surface area contributed by atoms with E-state index < -0.39 is 10.9 Å². The number of likely N-dealkylation sites (tertiary alicyclic amines) is 1. The second kappa shape index (κ2) is 7.08. The molecule has 1 aliphatic heterocycles. The maximum Gasteiger partial charge on any atom is 0.311 e. The molecule has 1 saturated heterocycles. The zero-order valence-electron chi connectivity index (χ0n) is 12.7. The number of carboxylic acid groups (broad SMARTS) is 1. The standard InChI is InChI=1S/C15H18N2O6/c1-23-13-3-2-11(9-12(13)17(21)22)15(20)16-6-4-10(5-7-16)8-14(18)19/h2-3,9-10H,4-8H2,1H3,(H,18,19). The van der Waals surface area contributed by atoms with Crippen LogP contribution in [0.2, 0.25) is 0 Å². The van der Waals surface area contributed by atoms with E-state index in [9.17, 15) is 19.7 Å². The molecule has 124 valence electrons. The predicted octanol–water partition coefficient (Wildman–Crippen LogP) is 1.93. The van der Waals surface area contributed by atoms with E-state index in [1.165, 1.54) is 25.3 Å². The van der Waals surface area contributed by atoms with Crippen molar-refractivity contribution in [3.05, 3.63) is 33.9 Å². The number of amides is 1. The van der Waals surface area contributed by atoms with E-state index in [0.717, 1.165) is 0 Å². The summed E-state index contributed by atoms with van der Waals surface area (Å²) in [5.41, 5.74) is -0.0201. The molecule has 1 aromatic rings. The van der Waals surface area contributed by atoms with Gasteiger partial charge in [0.1, 0.15) is 0 Å². The van der Waals surface area contributed by atoms with Gasteiger partial charge in [-0.1, -0.05) is 0 Å². The molecule has 1 aliphatic rings. The van der Waals surface area contributed by atoms with Crippen molar-refractivity contribution >= 4 is 17.6 Å². The Balaban J connectivity index is 2.08. The van der Waals surface area contributed by atoms with Crippen molar-refractivity contribution < 1.29 is 24.4 Å². The number of carboxylic acids is 1. The van der Waals surface area contributed by atoms with Crippen LogP contribution in [0.1, 0.15) is 29.6 Å². The lowest BCUT2D eigenvalue weighted by Crippen LogP contribution is -2.38. The van der Waals surface area contributed by atoms with Crippen molar-refractivity contribution in [1.29, 1.82) is 0 Å². The summed E-state index contributed by atoms with van der Waals surface area (Å²) >= 11 is 0. The third-order valence-electron chi connectivity index (χ3n) is 3.99. The van der Waals surface area contributed by atoms with Crippen molar-refractivity contribution in [3.8, 4) is 5.75 Å². The van der Waals surface area contributed by atoms with E-state index in [4.69, 9.17) is 9.84 Å². The first-order valence-corrected chi connectivity index (χ1v) is 7.26. The number of benzene rings is 1. The molecule has 8 nitrogen and oxygen atoms in total. The molecule has 23 heavy (non-hydrogen) atoms. The van der Waals surface area contributed by atoms with Crippen molar-refractivity contribution in [1.82, 2.24) is 4.90 Å². The van der Waals surface area contributed by atoms with E-state index in [1.54, 1.807) is 4.90 Å². The first-order valence-electron chi connectivity index (χ1n) is 7.26. The maximum absolute atomic E-state index is 12.4. The average molecular weight is 322 g/mol. The molecule has 0 unspecified atom stereocenters. The number of aliphatic carboxylic acids is 1. The summed E-state index contributed by atoms with van der Waals surface area (Å²) in [5.74, 6) is -0.946. The van der Waals surface area contributed by atoms with Crippen LogP contribution in [0.4, 0.5) is 5.69 Å². The highest BCUT2D eigenvalue weighted by Crippen LogP contribution is 2.29. The highest BCUT2D eigenvalue weighted by molar-refractivity contribution is 5.95. The Kier molecular flexibility index (Phi) is 5.15. The van der Waals surface area contributed by atoms with Gasteiger partial charge in [0.25, 0.3) is 5.91 Å². The Morgan fingerprint density at radius 1 is 1.39 bits per heavy atom. The minimum Gasteiger partial charge on any atom is -0.490 e. The summed E-state index contributed by atoms with van der Waals surface area (Å²) in [6.07, 6.45) is 1.35. The number of hydrogen-bond acceptors (Lipinski definition) is 5. The fraction of sp³-hybridized carbons (Fsp3) is 0.467. The molecule has 0 atom stereocenters. The first kappa shape index (κ1) is 16.7. The number of ether oxygens (including phenoxy) is 1. The smallest absolute Gasteiger partial charge is 0.311 e. The van der Waals surface area contributed by atoms with Crippen LogP contribution >= 0.6 is 0 Å². The van der Waals surface area contributed by atoms with Crippen molar-refractivity contribution in [2.75, 3.05) is 20.2 Å². The number of nitro benzene ring substituents is 1. The lowest BCUT2D eigenvalue weighted by Gasteiger charge is -2.31. The first-order chi connectivity index (χ1) is 10.9. The van der Waals surface area contributed by atoms with Crippen LogP contribution < -0.4 is 4.74 Å². The number of hydrogen-bond donors (Lipinski definition) is 1. The molecular weight excluding hydrogens is 304 g/mol. The van der Waals surface area contributed by atoms with E-state index >= 15 is 0 Å². The fourth-order valence-corrected chi connectivity index (χ4v) is 2.74. The molecule has 8 heteroatoms. The van der Waals surface area contributed by atoms with Crippen LogP contribution in [0.25, 0.3) is 0 Å². The number of carbonyl (C=O) groups is 2. The number of rotatable bonds is 5. The highest BCUT2D eigenvalue weighted by Gasteiger charge is 2.26. The minimum absolute atomic E-state index is 0.0711. The minimum atomic E-state index is -0.833. The normalized spacial score (nSPS) is 15.3. The van der Waals surface area contributed by atoms with Gasteiger partial charge in [-0.3, -0.25) is 19.7 Å². The fourth-order valence-electron chi connectivity index (χ4n) is 2.74. The van der Waals surface area contributed by atoms with Gasteiger partial charge in [0, 0.05) is 31.1 Å². The number of methoxy groups -OCH3 is 1. The molecule has 0 saturated carbocycles. The molecule has 1 heterocycles. The van der Waals surface area contributed by atoms with Crippen LogP contribution in [-0.4, -0.2) is 47.0 Å². The summed E-state index contributed by atoms with van der Waals surface area (Å²) in [4.78, 5) is 35.2. The van der Waals surface area contributed by atoms with E-state index in [-0.39, 0.29) is 35.2 Å². The maximum atomic E-state index is 12.4. The molecule has 0 spiro atoms. The van der Waals surface area contributed by atoms with Crippen molar-refractivity contribution in [2.24, 2.45) is 5.92 Å². The van der Waals surface area contributed by atoms with Gasteiger partial charge in [0.05, 0.1) is 12.0 Å². The zero-order valence-corrected chi connectivity index (χ0v) is 12.7. The monoisotopic (exact) mass is 322 g/mol. The van der Waals surface area contributed by atoms with Gasteiger partial charge in [-0.05, 0) is 30.9 Å². The quantitative estimate of drug-likeness (QED) is 0.655. The summed E-state index contributed by atoms with van der Waals surface area (Å²) in [7, 11) is 1.33. The van der Waals surface area contributed by atoms with E-state index in [0.29, 0.717) is 25.9 Å². The summed E-state index contributed by atoms with van der Waals surface area (Å²) in [6, 6.07) is 4.12. The van der Waals surface area contributed by atoms with Crippen LogP contribution in [0.5, 0.6) is 5.75 Å². The molecule has 1 aromatic carbocycles. The number of carbonyl (C=O) groups excluding carboxylic acids is 1. The van der Waals surface area contributed by atoms with Crippen molar-refractivity contribution in [3.63, 3.8) is 0 Å². The molecule has 0 bridgehead atoms. The second-order valence-electron chi connectivity index (χ2n) is 5.48. The van der Waals surface area contributed by atoms with Gasteiger partial charge in [-0.15, -0.1) is 0 Å². The van der Waals surface area contributed by atoms with Gasteiger partial charge < -0.3 is 14.7 Å². The van der Waals surface area contributed by atoms with Gasteiger partial charge in [-0.25, -0.2) is 0 Å². The molecule has 1 fully saturated rings. The molecule has 0 aliphatic carbocycles. The third kappa shape index (κ3) is 3.97. The largest absolute Gasteiger partial charge is 0.490 e. The van der Waals surface area contributed by atoms with Crippen LogP contribution in [-0.2, 0) is 4.79 Å². The Morgan fingerprint density at radius 2 is 2.04 bits per heavy atom. The van der Waals surface area contributed by atoms with Crippen LogP contribution in [0, 0.1) is 16.0 Å². The van der Waals surface area contributed by atoms with Crippen LogP contribution in [0.15, 0.2) is 18.2 Å². The Morgan fingerprint density at radius 3 is 2.57 bits per heavy atom. The molecule has 1 amide bonds. The molecule has 0 radical (unpaired) electrons. The number of nitro groups is 1. The summed E-state index contributed by atoms with van der Waals surface area (Å²) < 4.78 is 4.92. The summed E-state index contributed by atoms with van der Waals surface area (Å²) in [5, 5.41) is 19.8.